The van der Waals surface area contributed by atoms with Gasteiger partial charge in [0.15, 0.2) is 0 Å². The van der Waals surface area contributed by atoms with E-state index < -0.39 is 0 Å². The van der Waals surface area contributed by atoms with Crippen molar-refractivity contribution in [3.63, 3.8) is 0 Å². The van der Waals surface area contributed by atoms with Crippen LogP contribution in [0.3, 0.4) is 0 Å². The molecule has 0 bridgehead atoms. The predicted molar refractivity (Wildman–Crippen MR) is 86.0 cm³/mol. The molecular weight excluding hydrogens is 334 g/mol. The largest absolute Gasteiger partial charge is 0.497 e. The average molecular weight is 356 g/mol. The summed E-state index contributed by atoms with van der Waals surface area (Å²) in [4.78, 5) is 14.4. The lowest BCUT2D eigenvalue weighted by molar-refractivity contribution is -0.156. The average Bonchev–Trinajstić information content (AvgIpc) is 2.46. The molecule has 1 saturated heterocycles. The number of morpholine rings is 1. The van der Waals surface area contributed by atoms with Crippen LogP contribution in [0, 0.1) is 0 Å². The zero-order valence-electron chi connectivity index (χ0n) is 12.8. The van der Waals surface area contributed by atoms with Crippen LogP contribution in [0.4, 0.5) is 0 Å². The molecule has 1 heterocycles. The Kier molecular flexibility index (Phi) is 5.27. The molecule has 1 aromatic rings. The molecule has 2 rings (SSSR count). The van der Waals surface area contributed by atoms with Crippen LogP contribution in [-0.2, 0) is 16.0 Å². The molecule has 1 atom stereocenters. The first-order chi connectivity index (χ1) is 9.93. The summed E-state index contributed by atoms with van der Waals surface area (Å²) in [6, 6.07) is 7.63. The Morgan fingerprint density at radius 3 is 2.67 bits per heavy atom. The predicted octanol–water partition coefficient (Wildman–Crippen LogP) is 2.64. The van der Waals surface area contributed by atoms with Crippen LogP contribution in [0.15, 0.2) is 24.3 Å². The summed E-state index contributed by atoms with van der Waals surface area (Å²) >= 11 is 3.45. The Labute approximate surface area is 134 Å². The number of alkyl halides is 1. The van der Waals surface area contributed by atoms with Crippen LogP contribution in [0.2, 0.25) is 0 Å². The molecule has 0 radical (unpaired) electrons. The first-order valence-electron chi connectivity index (χ1n) is 7.08. The molecule has 4 nitrogen and oxygen atoms in total. The van der Waals surface area contributed by atoms with Gasteiger partial charge in [0.1, 0.15) is 5.75 Å². The fourth-order valence-electron chi connectivity index (χ4n) is 2.60. The number of benzene rings is 1. The smallest absolute Gasteiger partial charge is 0.227 e. The Bertz CT molecular complexity index is 487. The van der Waals surface area contributed by atoms with E-state index in [2.05, 4.69) is 15.9 Å². The fraction of sp³-hybridized carbons (Fsp3) is 0.562. The minimum absolute atomic E-state index is 0.0496. The summed E-state index contributed by atoms with van der Waals surface area (Å²) in [6.07, 6.45) is 0.461. The van der Waals surface area contributed by atoms with E-state index in [0.717, 1.165) is 16.6 Å². The summed E-state index contributed by atoms with van der Waals surface area (Å²) in [7, 11) is 1.64. The van der Waals surface area contributed by atoms with Crippen molar-refractivity contribution in [2.75, 3.05) is 25.5 Å². The molecule has 5 heteroatoms. The number of nitrogens with zero attached hydrogens (tertiary/aromatic N) is 1. The highest BCUT2D eigenvalue weighted by Crippen LogP contribution is 2.23. The number of halogens is 1. The minimum atomic E-state index is -0.299. The Morgan fingerprint density at radius 2 is 2.10 bits per heavy atom. The van der Waals surface area contributed by atoms with Gasteiger partial charge in [0.2, 0.25) is 5.91 Å². The number of carbonyl (C=O) groups excluding carboxylic acids is 1. The molecule has 1 amide bonds. The third kappa shape index (κ3) is 4.45. The van der Waals surface area contributed by atoms with Gasteiger partial charge < -0.3 is 14.4 Å². The maximum absolute atomic E-state index is 12.5. The lowest BCUT2D eigenvalue weighted by atomic mass is 10.0. The first-order valence-corrected chi connectivity index (χ1v) is 8.20. The molecule has 0 aliphatic carbocycles. The van der Waals surface area contributed by atoms with Crippen LogP contribution in [0.5, 0.6) is 5.75 Å². The van der Waals surface area contributed by atoms with E-state index in [9.17, 15) is 4.79 Å². The normalized spacial score (nSPS) is 21.1. The second-order valence-corrected chi connectivity index (χ2v) is 6.60. The first kappa shape index (κ1) is 16.3. The van der Waals surface area contributed by atoms with Crippen LogP contribution >= 0.6 is 15.9 Å². The summed E-state index contributed by atoms with van der Waals surface area (Å²) in [5, 5.41) is 0.739. The van der Waals surface area contributed by atoms with Crippen molar-refractivity contribution in [1.82, 2.24) is 4.90 Å². The molecule has 0 saturated carbocycles. The molecule has 1 unspecified atom stereocenters. The van der Waals surface area contributed by atoms with E-state index in [4.69, 9.17) is 9.47 Å². The van der Waals surface area contributed by atoms with Crippen LogP contribution in [0.1, 0.15) is 19.4 Å². The van der Waals surface area contributed by atoms with Gasteiger partial charge in [0.05, 0.1) is 25.2 Å². The fourth-order valence-corrected chi connectivity index (χ4v) is 2.93. The number of ether oxygens (including phenoxy) is 2. The van der Waals surface area contributed by atoms with Gasteiger partial charge in [0.25, 0.3) is 0 Å². The van der Waals surface area contributed by atoms with E-state index in [0.29, 0.717) is 19.5 Å². The molecule has 1 fully saturated rings. The van der Waals surface area contributed by atoms with Crippen molar-refractivity contribution in [2.45, 2.75) is 32.0 Å². The summed E-state index contributed by atoms with van der Waals surface area (Å²) < 4.78 is 11.1. The Hall–Kier alpha value is -1.07. The van der Waals surface area contributed by atoms with Crippen molar-refractivity contribution in [3.05, 3.63) is 29.8 Å². The van der Waals surface area contributed by atoms with Gasteiger partial charge in [0, 0.05) is 18.4 Å². The van der Waals surface area contributed by atoms with E-state index in [1.165, 1.54) is 0 Å². The van der Waals surface area contributed by atoms with E-state index in [1.54, 1.807) is 7.11 Å². The molecule has 1 aliphatic heterocycles. The number of hydrogen-bond acceptors (Lipinski definition) is 3. The monoisotopic (exact) mass is 355 g/mol. The van der Waals surface area contributed by atoms with Crippen molar-refractivity contribution in [1.29, 1.82) is 0 Å². The molecule has 0 N–H and O–H groups in total. The zero-order chi connectivity index (χ0) is 15.5. The zero-order valence-corrected chi connectivity index (χ0v) is 14.4. The standard InChI is InChI=1S/C16H22BrNO3/c1-16(2)11-18(10-14(9-17)21-16)15(19)8-12-4-6-13(20-3)7-5-12/h4-7,14H,8-11H2,1-3H3. The highest BCUT2D eigenvalue weighted by molar-refractivity contribution is 9.09. The van der Waals surface area contributed by atoms with Gasteiger partial charge in [-0.15, -0.1) is 0 Å². The van der Waals surface area contributed by atoms with Crippen molar-refractivity contribution in [3.8, 4) is 5.75 Å². The quantitative estimate of drug-likeness (QED) is 0.779. The lowest BCUT2D eigenvalue weighted by Gasteiger charge is -2.42. The Balaban J connectivity index is 2.01. The van der Waals surface area contributed by atoms with Gasteiger partial charge in [-0.1, -0.05) is 28.1 Å². The molecule has 21 heavy (non-hydrogen) atoms. The van der Waals surface area contributed by atoms with Gasteiger partial charge >= 0.3 is 0 Å². The highest BCUT2D eigenvalue weighted by Gasteiger charge is 2.34. The topological polar surface area (TPSA) is 38.8 Å². The lowest BCUT2D eigenvalue weighted by Crippen LogP contribution is -2.55. The molecule has 0 spiro atoms. The van der Waals surface area contributed by atoms with Gasteiger partial charge in [-0.25, -0.2) is 0 Å². The van der Waals surface area contributed by atoms with Crippen molar-refractivity contribution >= 4 is 21.8 Å². The SMILES string of the molecule is COc1ccc(CC(=O)N2CC(CBr)OC(C)(C)C2)cc1. The highest BCUT2D eigenvalue weighted by atomic mass is 79.9. The minimum Gasteiger partial charge on any atom is -0.497 e. The van der Waals surface area contributed by atoms with E-state index in [-0.39, 0.29) is 17.6 Å². The van der Waals surface area contributed by atoms with Gasteiger partial charge in [-0.3, -0.25) is 4.79 Å². The Morgan fingerprint density at radius 1 is 1.43 bits per heavy atom. The summed E-state index contributed by atoms with van der Waals surface area (Å²) in [5.74, 6) is 0.945. The molecule has 0 aromatic heterocycles. The van der Waals surface area contributed by atoms with E-state index in [1.807, 2.05) is 43.0 Å². The third-order valence-electron chi connectivity index (χ3n) is 3.52. The van der Waals surface area contributed by atoms with Gasteiger partial charge in [-0.05, 0) is 31.5 Å². The van der Waals surface area contributed by atoms with Crippen molar-refractivity contribution < 1.29 is 14.3 Å². The number of carbonyl (C=O) groups is 1. The second-order valence-electron chi connectivity index (χ2n) is 5.95. The maximum atomic E-state index is 12.5. The third-order valence-corrected chi connectivity index (χ3v) is 4.24. The van der Waals surface area contributed by atoms with Crippen LogP contribution in [-0.4, -0.2) is 48.0 Å². The molecule has 1 aliphatic rings. The number of amides is 1. The van der Waals surface area contributed by atoms with Crippen LogP contribution < -0.4 is 4.74 Å². The second kappa shape index (κ2) is 6.79. The molecule has 1 aromatic carbocycles. The summed E-state index contributed by atoms with van der Waals surface area (Å²) in [6.45, 7) is 5.32. The van der Waals surface area contributed by atoms with Crippen molar-refractivity contribution in [2.24, 2.45) is 0 Å². The number of rotatable bonds is 4. The molecule has 116 valence electrons. The molecular formula is C16H22BrNO3. The number of methoxy groups -OCH3 is 1. The van der Waals surface area contributed by atoms with Gasteiger partial charge in [-0.2, -0.15) is 0 Å². The maximum Gasteiger partial charge on any atom is 0.227 e. The van der Waals surface area contributed by atoms with Crippen LogP contribution in [0.25, 0.3) is 0 Å². The summed E-state index contributed by atoms with van der Waals surface area (Å²) in [5.41, 5.74) is 0.701. The van der Waals surface area contributed by atoms with E-state index >= 15 is 0 Å². The number of hydrogen-bond donors (Lipinski definition) is 0.